The fraction of sp³-hybridized carbons (Fsp3) is 0.538. The van der Waals surface area contributed by atoms with E-state index in [9.17, 15) is 4.55 Å². The number of benzene rings is 1. The molecule has 21 heavy (non-hydrogen) atoms. The molecule has 5 nitrogen and oxygen atoms in total. The molecular formula is C13H21O5PS2. The largest absolute Gasteiger partial charge is 0.611 e. The zero-order chi connectivity index (χ0) is 16.3. The van der Waals surface area contributed by atoms with Gasteiger partial charge in [-0.3, -0.25) is 0 Å². The summed E-state index contributed by atoms with van der Waals surface area (Å²) in [5.74, 6) is 0.840. The molecule has 0 aliphatic rings. The second-order valence-corrected chi connectivity index (χ2v) is 10.5. The molecule has 0 saturated heterocycles. The van der Waals surface area contributed by atoms with Crippen molar-refractivity contribution in [2.24, 2.45) is 0 Å². The lowest BCUT2D eigenvalue weighted by molar-refractivity contribution is 0.268. The van der Waals surface area contributed by atoms with Crippen LogP contribution < -0.4 is 9.26 Å². The van der Waals surface area contributed by atoms with Gasteiger partial charge in [0.1, 0.15) is 4.75 Å². The van der Waals surface area contributed by atoms with Crippen LogP contribution in [-0.4, -0.2) is 30.6 Å². The summed E-state index contributed by atoms with van der Waals surface area (Å²) in [5, 5.41) is 0. The van der Waals surface area contributed by atoms with Crippen LogP contribution in [0.3, 0.4) is 0 Å². The minimum atomic E-state index is -2.84. The van der Waals surface area contributed by atoms with Crippen LogP contribution in [0.25, 0.3) is 0 Å². The first kappa shape index (κ1) is 18.7. The highest BCUT2D eigenvalue weighted by atomic mass is 32.5. The van der Waals surface area contributed by atoms with Crippen molar-refractivity contribution in [1.29, 1.82) is 0 Å². The molecule has 8 heteroatoms. The Balaban J connectivity index is 3.13. The van der Waals surface area contributed by atoms with Crippen LogP contribution >= 0.6 is 6.72 Å². The van der Waals surface area contributed by atoms with Crippen molar-refractivity contribution in [2.75, 3.05) is 21.3 Å². The average Bonchev–Trinajstić information content (AvgIpc) is 2.45. The van der Waals surface area contributed by atoms with E-state index >= 15 is 0 Å². The van der Waals surface area contributed by atoms with Gasteiger partial charge in [-0.2, -0.15) is 0 Å². The predicted octanol–water partition coefficient (Wildman–Crippen LogP) is 3.50. The van der Waals surface area contributed by atoms with E-state index in [0.29, 0.717) is 16.4 Å². The van der Waals surface area contributed by atoms with Crippen molar-refractivity contribution >= 4 is 29.7 Å². The van der Waals surface area contributed by atoms with Gasteiger partial charge in [-0.15, -0.1) is 0 Å². The Bertz CT molecular complexity index is 522. The SMILES string of the molecule is COc1cc([S+]([O-])C(C)(C)C)ccc1OP(=S)(OC)OC. The van der Waals surface area contributed by atoms with Gasteiger partial charge >= 0.3 is 6.72 Å². The topological polar surface area (TPSA) is 60.0 Å². The third-order valence-corrected chi connectivity index (χ3v) is 6.79. The molecule has 0 aliphatic carbocycles. The van der Waals surface area contributed by atoms with Crippen LogP contribution in [0.4, 0.5) is 0 Å². The molecule has 1 rings (SSSR count). The fourth-order valence-corrected chi connectivity index (χ4v) is 3.51. The van der Waals surface area contributed by atoms with Gasteiger partial charge in [0.25, 0.3) is 0 Å². The Hall–Kier alpha value is -0.300. The van der Waals surface area contributed by atoms with Gasteiger partial charge < -0.3 is 22.9 Å². The van der Waals surface area contributed by atoms with Gasteiger partial charge in [0.15, 0.2) is 16.4 Å². The molecule has 0 radical (unpaired) electrons. The molecule has 0 spiro atoms. The Morgan fingerprint density at radius 1 is 1.10 bits per heavy atom. The normalized spacial score (nSPS) is 13.9. The van der Waals surface area contributed by atoms with E-state index < -0.39 is 17.9 Å². The lowest BCUT2D eigenvalue weighted by Gasteiger charge is -2.25. The highest BCUT2D eigenvalue weighted by Crippen LogP contribution is 2.50. The van der Waals surface area contributed by atoms with E-state index in [2.05, 4.69) is 0 Å². The number of rotatable bonds is 6. The maximum Gasteiger partial charge on any atom is 0.380 e. The maximum atomic E-state index is 12.4. The Morgan fingerprint density at radius 3 is 2.10 bits per heavy atom. The average molecular weight is 352 g/mol. The third-order valence-electron chi connectivity index (χ3n) is 2.56. The lowest BCUT2D eigenvalue weighted by atomic mass is 10.3. The van der Waals surface area contributed by atoms with Crippen LogP contribution in [-0.2, 0) is 32.0 Å². The number of ether oxygens (including phenoxy) is 1. The van der Waals surface area contributed by atoms with E-state index in [-0.39, 0.29) is 4.75 Å². The van der Waals surface area contributed by atoms with E-state index in [1.165, 1.54) is 21.3 Å². The maximum absolute atomic E-state index is 12.4. The van der Waals surface area contributed by atoms with Crippen LogP contribution in [0.2, 0.25) is 0 Å². The van der Waals surface area contributed by atoms with Gasteiger partial charge in [-0.1, -0.05) is 0 Å². The summed E-state index contributed by atoms with van der Waals surface area (Å²) >= 11 is 4.00. The zero-order valence-corrected chi connectivity index (χ0v) is 15.6. The molecular weight excluding hydrogens is 331 g/mol. The van der Waals surface area contributed by atoms with Crippen LogP contribution in [0.5, 0.6) is 11.5 Å². The summed E-state index contributed by atoms with van der Waals surface area (Å²) in [4.78, 5) is 0.662. The molecule has 0 bridgehead atoms. The number of hydrogen-bond donors (Lipinski definition) is 0. The molecule has 120 valence electrons. The molecule has 1 aromatic carbocycles. The molecule has 0 amide bonds. The molecule has 0 heterocycles. The van der Waals surface area contributed by atoms with Gasteiger partial charge in [0.05, 0.1) is 7.11 Å². The van der Waals surface area contributed by atoms with Crippen molar-refractivity contribution in [3.8, 4) is 11.5 Å². The van der Waals surface area contributed by atoms with Gasteiger partial charge in [0.2, 0.25) is 0 Å². The van der Waals surface area contributed by atoms with Gasteiger partial charge in [-0.25, -0.2) is 0 Å². The molecule has 1 aromatic rings. The third kappa shape index (κ3) is 4.84. The van der Waals surface area contributed by atoms with E-state index in [1.54, 1.807) is 18.2 Å². The van der Waals surface area contributed by atoms with Crippen molar-refractivity contribution < 1.29 is 22.9 Å². The van der Waals surface area contributed by atoms with Crippen molar-refractivity contribution in [3.05, 3.63) is 18.2 Å². The second kappa shape index (κ2) is 7.31. The van der Waals surface area contributed by atoms with Crippen LogP contribution in [0.1, 0.15) is 20.8 Å². The molecule has 0 aromatic heterocycles. The van der Waals surface area contributed by atoms with Crippen LogP contribution in [0.15, 0.2) is 23.1 Å². The van der Waals surface area contributed by atoms with Crippen molar-refractivity contribution in [1.82, 2.24) is 0 Å². The molecule has 0 saturated carbocycles. The quantitative estimate of drug-likeness (QED) is 0.577. The minimum absolute atomic E-state index is 0.360. The minimum Gasteiger partial charge on any atom is -0.611 e. The van der Waals surface area contributed by atoms with Gasteiger partial charge in [0, 0.05) is 32.1 Å². The molecule has 0 aliphatic heterocycles. The Labute approximate surface area is 134 Å². The summed E-state index contributed by atoms with van der Waals surface area (Å²) in [6.45, 7) is 2.90. The number of hydrogen-bond acceptors (Lipinski definition) is 6. The molecule has 1 unspecified atom stereocenters. The van der Waals surface area contributed by atoms with Crippen LogP contribution in [0, 0.1) is 0 Å². The van der Waals surface area contributed by atoms with Gasteiger partial charge in [-0.05, 0) is 44.1 Å². The Morgan fingerprint density at radius 2 is 1.67 bits per heavy atom. The summed E-state index contributed by atoms with van der Waals surface area (Å²) < 4.78 is 33.1. The summed E-state index contributed by atoms with van der Waals surface area (Å²) in [5.41, 5.74) is 0. The van der Waals surface area contributed by atoms with E-state index in [0.717, 1.165) is 0 Å². The molecule has 1 atom stereocenters. The highest BCUT2D eigenvalue weighted by molar-refractivity contribution is 8.07. The van der Waals surface area contributed by atoms with Crippen molar-refractivity contribution in [3.63, 3.8) is 0 Å². The van der Waals surface area contributed by atoms with E-state index in [4.69, 9.17) is 30.1 Å². The monoisotopic (exact) mass is 352 g/mol. The fourth-order valence-electron chi connectivity index (χ4n) is 1.46. The lowest BCUT2D eigenvalue weighted by Crippen LogP contribution is -2.27. The number of methoxy groups -OCH3 is 1. The predicted molar refractivity (Wildman–Crippen MR) is 88.1 cm³/mol. The summed E-state index contributed by atoms with van der Waals surface area (Å²) in [7, 11) is 4.37. The standard InChI is InChI=1S/C13H21O5PS2/c1-13(2,3)21(14)10-7-8-11(12(9-10)15-4)18-19(20,16-5)17-6/h7-9H,1-6H3. The van der Waals surface area contributed by atoms with Crippen molar-refractivity contribution in [2.45, 2.75) is 30.4 Å². The first-order valence-electron chi connectivity index (χ1n) is 6.18. The summed E-state index contributed by atoms with van der Waals surface area (Å²) in [6.07, 6.45) is 0. The summed E-state index contributed by atoms with van der Waals surface area (Å²) in [6, 6.07) is 5.07. The first-order chi connectivity index (χ1) is 9.66. The Kier molecular flexibility index (Phi) is 6.53. The smallest absolute Gasteiger partial charge is 0.380 e. The molecule has 0 N–H and O–H groups in total. The molecule has 0 fully saturated rings. The highest BCUT2D eigenvalue weighted by Gasteiger charge is 2.29. The van der Waals surface area contributed by atoms with E-state index in [1.807, 2.05) is 20.8 Å². The second-order valence-electron chi connectivity index (χ2n) is 5.10. The zero-order valence-electron chi connectivity index (χ0n) is 13.0. The first-order valence-corrected chi connectivity index (χ1v) is 9.88.